The van der Waals surface area contributed by atoms with E-state index in [0.29, 0.717) is 5.56 Å². The molecule has 0 spiro atoms. The lowest BCUT2D eigenvalue weighted by Gasteiger charge is -1.98. The molecule has 0 heterocycles. The molecule has 56 valence electrons. The fourth-order valence-corrected chi connectivity index (χ4v) is 0.899. The van der Waals surface area contributed by atoms with Crippen molar-refractivity contribution in [3.05, 3.63) is 42.0 Å². The average Bonchev–Trinajstić information content (AvgIpc) is 2.04. The number of rotatable bonds is 2. The monoisotopic (exact) mass is 147 g/mol. The predicted molar refractivity (Wildman–Crippen MR) is 45.1 cm³/mol. The molecule has 0 unspecified atom stereocenters. The van der Waals surface area contributed by atoms with Crippen molar-refractivity contribution in [2.45, 2.75) is 0 Å². The van der Waals surface area contributed by atoms with Crippen LogP contribution in [0.5, 0.6) is 0 Å². The van der Waals surface area contributed by atoms with Crippen LogP contribution < -0.4 is 5.73 Å². The van der Waals surface area contributed by atoms with Crippen molar-refractivity contribution in [1.29, 1.82) is 0 Å². The Bertz CT molecular complexity index is 291. The van der Waals surface area contributed by atoms with E-state index in [4.69, 9.17) is 5.73 Å². The van der Waals surface area contributed by atoms with E-state index in [1.165, 1.54) is 0 Å². The van der Waals surface area contributed by atoms with E-state index in [9.17, 15) is 4.79 Å². The number of hydrogen-bond donors (Lipinski definition) is 1. The molecule has 1 aromatic carbocycles. The van der Waals surface area contributed by atoms with Crippen LogP contribution in [0.15, 0.2) is 30.8 Å². The van der Waals surface area contributed by atoms with Gasteiger partial charge in [-0.15, -0.1) is 0 Å². The topological polar surface area (TPSA) is 43.1 Å². The van der Waals surface area contributed by atoms with E-state index in [-0.39, 0.29) is 0 Å². The second kappa shape index (κ2) is 3.01. The van der Waals surface area contributed by atoms with Gasteiger partial charge in [-0.1, -0.05) is 30.9 Å². The number of primary amides is 1. The van der Waals surface area contributed by atoms with E-state index in [1.807, 2.05) is 6.07 Å². The van der Waals surface area contributed by atoms with Crippen LogP contribution in [-0.2, 0) is 0 Å². The van der Waals surface area contributed by atoms with Gasteiger partial charge in [-0.3, -0.25) is 4.79 Å². The lowest BCUT2D eigenvalue weighted by molar-refractivity contribution is 0.1000. The minimum atomic E-state index is -0.416. The van der Waals surface area contributed by atoms with E-state index in [2.05, 4.69) is 6.58 Å². The summed E-state index contributed by atoms with van der Waals surface area (Å²) in [7, 11) is 0. The summed E-state index contributed by atoms with van der Waals surface area (Å²) in [6, 6.07) is 7.09. The quantitative estimate of drug-likeness (QED) is 0.675. The highest BCUT2D eigenvalue weighted by Gasteiger charge is 2.02. The summed E-state index contributed by atoms with van der Waals surface area (Å²) in [6.07, 6.45) is 1.61. The maximum absolute atomic E-state index is 10.8. The zero-order valence-corrected chi connectivity index (χ0v) is 6.08. The summed E-state index contributed by atoms with van der Waals surface area (Å²) >= 11 is 0. The van der Waals surface area contributed by atoms with Crippen LogP contribution in [0.3, 0.4) is 0 Å². The van der Waals surface area contributed by atoms with Gasteiger partial charge in [0.05, 0.1) is 0 Å². The molecule has 0 saturated heterocycles. The molecule has 2 N–H and O–H groups in total. The van der Waals surface area contributed by atoms with E-state index in [1.54, 1.807) is 24.3 Å². The molecule has 0 aliphatic rings. The fourth-order valence-electron chi connectivity index (χ4n) is 0.899. The fraction of sp³-hybridized carbons (Fsp3) is 0. The molecule has 0 bridgehead atoms. The van der Waals surface area contributed by atoms with Crippen molar-refractivity contribution in [2.24, 2.45) is 5.73 Å². The summed E-state index contributed by atoms with van der Waals surface area (Å²) < 4.78 is 0. The van der Waals surface area contributed by atoms with Crippen molar-refractivity contribution in [3.8, 4) is 0 Å². The first-order valence-corrected chi connectivity index (χ1v) is 3.27. The third-order valence-electron chi connectivity index (χ3n) is 1.45. The number of carbonyl (C=O) groups is 1. The molecule has 0 radical (unpaired) electrons. The largest absolute Gasteiger partial charge is 0.366 e. The highest BCUT2D eigenvalue weighted by Crippen LogP contribution is 2.08. The lowest BCUT2D eigenvalue weighted by atomic mass is 10.1. The first kappa shape index (κ1) is 7.54. The van der Waals surface area contributed by atoms with Crippen LogP contribution in [-0.4, -0.2) is 5.91 Å². The Morgan fingerprint density at radius 2 is 2.09 bits per heavy atom. The van der Waals surface area contributed by atoms with Crippen molar-refractivity contribution in [1.82, 2.24) is 0 Å². The molecule has 2 heteroatoms. The zero-order chi connectivity index (χ0) is 8.27. The number of benzene rings is 1. The van der Waals surface area contributed by atoms with Gasteiger partial charge in [0.15, 0.2) is 0 Å². The van der Waals surface area contributed by atoms with Gasteiger partial charge in [0.25, 0.3) is 0 Å². The van der Waals surface area contributed by atoms with Gasteiger partial charge in [-0.25, -0.2) is 0 Å². The Morgan fingerprint density at radius 3 is 2.55 bits per heavy atom. The molecule has 1 rings (SSSR count). The first-order chi connectivity index (χ1) is 5.25. The average molecular weight is 147 g/mol. The van der Waals surface area contributed by atoms with Gasteiger partial charge in [-0.2, -0.15) is 0 Å². The molecular weight excluding hydrogens is 138 g/mol. The molecule has 0 aliphatic carbocycles. The van der Waals surface area contributed by atoms with Gasteiger partial charge in [0.2, 0.25) is 5.91 Å². The summed E-state index contributed by atoms with van der Waals surface area (Å²) in [6.45, 7) is 3.57. The molecular formula is C9H9NO. The van der Waals surface area contributed by atoms with E-state index < -0.39 is 5.91 Å². The van der Waals surface area contributed by atoms with Gasteiger partial charge < -0.3 is 5.73 Å². The SMILES string of the molecule is C=Cc1ccccc1C(N)=O. The van der Waals surface area contributed by atoms with Gasteiger partial charge in [0.1, 0.15) is 0 Å². The molecule has 0 fully saturated rings. The highest BCUT2D eigenvalue weighted by molar-refractivity contribution is 5.96. The smallest absolute Gasteiger partial charge is 0.249 e. The Hall–Kier alpha value is -1.57. The summed E-state index contributed by atoms with van der Waals surface area (Å²) in [5, 5.41) is 0. The molecule has 0 atom stereocenters. The highest BCUT2D eigenvalue weighted by atomic mass is 16.1. The van der Waals surface area contributed by atoms with Crippen LogP contribution in [0.1, 0.15) is 15.9 Å². The number of amides is 1. The maximum atomic E-state index is 10.8. The molecule has 1 amide bonds. The van der Waals surface area contributed by atoms with Gasteiger partial charge in [0, 0.05) is 5.56 Å². The minimum absolute atomic E-state index is 0.416. The van der Waals surface area contributed by atoms with Crippen molar-refractivity contribution < 1.29 is 4.79 Å². The number of carbonyl (C=O) groups excluding carboxylic acids is 1. The second-order valence-electron chi connectivity index (χ2n) is 2.16. The number of nitrogens with two attached hydrogens (primary N) is 1. The van der Waals surface area contributed by atoms with Crippen molar-refractivity contribution in [2.75, 3.05) is 0 Å². The minimum Gasteiger partial charge on any atom is -0.366 e. The summed E-state index contributed by atoms with van der Waals surface area (Å²) in [4.78, 5) is 10.8. The van der Waals surface area contributed by atoms with Gasteiger partial charge >= 0.3 is 0 Å². The Labute approximate surface area is 65.3 Å². The normalized spacial score (nSPS) is 9.09. The third-order valence-corrected chi connectivity index (χ3v) is 1.45. The Morgan fingerprint density at radius 1 is 1.45 bits per heavy atom. The summed E-state index contributed by atoms with van der Waals surface area (Å²) in [5.74, 6) is -0.416. The second-order valence-corrected chi connectivity index (χ2v) is 2.16. The molecule has 0 aliphatic heterocycles. The Kier molecular flexibility index (Phi) is 2.06. The maximum Gasteiger partial charge on any atom is 0.249 e. The number of hydrogen-bond acceptors (Lipinski definition) is 1. The first-order valence-electron chi connectivity index (χ1n) is 3.27. The van der Waals surface area contributed by atoms with Gasteiger partial charge in [-0.05, 0) is 11.6 Å². The van der Waals surface area contributed by atoms with Crippen LogP contribution in [0.4, 0.5) is 0 Å². The lowest BCUT2D eigenvalue weighted by Crippen LogP contribution is -2.12. The van der Waals surface area contributed by atoms with Crippen LogP contribution in [0, 0.1) is 0 Å². The molecule has 11 heavy (non-hydrogen) atoms. The van der Waals surface area contributed by atoms with Crippen LogP contribution >= 0.6 is 0 Å². The van der Waals surface area contributed by atoms with Crippen molar-refractivity contribution in [3.63, 3.8) is 0 Å². The standard InChI is InChI=1S/C9H9NO/c1-2-7-5-3-4-6-8(7)9(10)11/h2-6H,1H2,(H2,10,11). The van der Waals surface area contributed by atoms with E-state index >= 15 is 0 Å². The summed E-state index contributed by atoms with van der Waals surface area (Å²) in [5.41, 5.74) is 6.40. The third kappa shape index (κ3) is 1.46. The molecule has 0 aromatic heterocycles. The van der Waals surface area contributed by atoms with Crippen LogP contribution in [0.2, 0.25) is 0 Å². The van der Waals surface area contributed by atoms with Crippen molar-refractivity contribution >= 4 is 12.0 Å². The Balaban J connectivity index is 3.22. The molecule has 0 saturated carbocycles. The molecule has 2 nitrogen and oxygen atoms in total. The van der Waals surface area contributed by atoms with Crippen LogP contribution in [0.25, 0.3) is 6.08 Å². The predicted octanol–water partition coefficient (Wildman–Crippen LogP) is 1.43. The molecule has 1 aromatic rings. The van der Waals surface area contributed by atoms with E-state index in [0.717, 1.165) is 5.56 Å². The zero-order valence-electron chi connectivity index (χ0n) is 6.08.